The fraction of sp³-hybridized carbons (Fsp3) is 0.387. The zero-order chi connectivity index (χ0) is 28.3. The molecule has 210 valence electrons. The van der Waals surface area contributed by atoms with Gasteiger partial charge in [0.05, 0.1) is 5.41 Å². The van der Waals surface area contributed by atoms with Crippen molar-refractivity contribution >= 4 is 17.5 Å². The lowest BCUT2D eigenvalue weighted by molar-refractivity contribution is -0.120. The predicted molar refractivity (Wildman–Crippen MR) is 152 cm³/mol. The normalized spacial score (nSPS) is 16.4. The van der Waals surface area contributed by atoms with Crippen LogP contribution < -0.4 is 25.8 Å². The van der Waals surface area contributed by atoms with Crippen molar-refractivity contribution in [3.8, 4) is 17.4 Å². The van der Waals surface area contributed by atoms with Gasteiger partial charge >= 0.3 is 0 Å². The average molecular weight is 545 g/mol. The van der Waals surface area contributed by atoms with Crippen LogP contribution in [0.1, 0.15) is 61.0 Å². The number of fused-ring (bicyclic) bond motifs is 2. The van der Waals surface area contributed by atoms with Gasteiger partial charge < -0.3 is 30.9 Å². The maximum atomic E-state index is 12.8. The van der Waals surface area contributed by atoms with Crippen LogP contribution in [0.25, 0.3) is 0 Å². The van der Waals surface area contributed by atoms with E-state index < -0.39 is 17.4 Å². The molecule has 0 bridgehead atoms. The number of nitrogens with zero attached hydrogens (tertiary/aromatic N) is 1. The quantitative estimate of drug-likeness (QED) is 0.286. The van der Waals surface area contributed by atoms with Gasteiger partial charge in [-0.1, -0.05) is 31.0 Å². The number of rotatable bonds is 11. The number of nitrogens with one attached hydrogen (secondary N) is 2. The van der Waals surface area contributed by atoms with Gasteiger partial charge in [-0.2, -0.15) is 0 Å². The number of hydrogen-bond donors (Lipinski definition) is 4. The number of anilines is 1. The van der Waals surface area contributed by atoms with Crippen LogP contribution in [0.4, 0.5) is 5.69 Å². The molecule has 2 amide bonds. The Labute approximate surface area is 234 Å². The summed E-state index contributed by atoms with van der Waals surface area (Å²) in [6.07, 6.45) is 5.23. The van der Waals surface area contributed by atoms with Crippen molar-refractivity contribution in [3.63, 3.8) is 0 Å². The molecule has 1 fully saturated rings. The number of pyridine rings is 1. The Kier molecular flexibility index (Phi) is 7.78. The van der Waals surface area contributed by atoms with Crippen molar-refractivity contribution in [1.82, 2.24) is 10.3 Å². The lowest BCUT2D eigenvalue weighted by atomic mass is 9.79. The lowest BCUT2D eigenvalue weighted by Crippen LogP contribution is -2.46. The molecule has 3 aromatic rings. The maximum absolute atomic E-state index is 12.8. The number of aliphatic hydroxyl groups excluding tert-OH is 1. The van der Waals surface area contributed by atoms with Crippen molar-refractivity contribution in [2.45, 2.75) is 63.0 Å². The molecule has 1 aliphatic carbocycles. The Morgan fingerprint density at radius 2 is 1.90 bits per heavy atom. The first-order chi connectivity index (χ1) is 19.2. The van der Waals surface area contributed by atoms with Gasteiger partial charge in [0.15, 0.2) is 0 Å². The Morgan fingerprint density at radius 1 is 1.15 bits per heavy atom. The van der Waals surface area contributed by atoms with E-state index in [1.165, 1.54) is 0 Å². The predicted octanol–water partition coefficient (Wildman–Crippen LogP) is 4.09. The zero-order valence-electron chi connectivity index (χ0n) is 22.9. The first-order valence-corrected chi connectivity index (χ1v) is 13.7. The fourth-order valence-corrected chi connectivity index (χ4v) is 5.72. The lowest BCUT2D eigenvalue weighted by Gasteiger charge is -2.28. The second-order valence-electron chi connectivity index (χ2n) is 11.3. The van der Waals surface area contributed by atoms with Gasteiger partial charge in [-0.25, -0.2) is 4.98 Å². The molecule has 40 heavy (non-hydrogen) atoms. The summed E-state index contributed by atoms with van der Waals surface area (Å²) in [5.74, 6) is 0.853. The number of carbonyl (C=O) groups is 2. The number of ether oxygens (including phenoxy) is 2. The van der Waals surface area contributed by atoms with E-state index in [2.05, 4.69) is 29.5 Å². The molecule has 9 nitrogen and oxygen atoms in total. The van der Waals surface area contributed by atoms with E-state index in [9.17, 15) is 14.7 Å². The van der Waals surface area contributed by atoms with E-state index >= 15 is 0 Å². The van der Waals surface area contributed by atoms with E-state index in [-0.39, 0.29) is 29.5 Å². The fourth-order valence-electron chi connectivity index (χ4n) is 5.72. The highest BCUT2D eigenvalue weighted by molar-refractivity contribution is 6.07. The van der Waals surface area contributed by atoms with Crippen molar-refractivity contribution in [1.29, 1.82) is 0 Å². The number of hydrogen-bond acceptors (Lipinski definition) is 7. The summed E-state index contributed by atoms with van der Waals surface area (Å²) in [5.41, 5.74) is 7.66. The minimum Gasteiger partial charge on any atom is -0.490 e. The van der Waals surface area contributed by atoms with Crippen LogP contribution in [0.2, 0.25) is 0 Å². The summed E-state index contributed by atoms with van der Waals surface area (Å²) in [6, 6.07) is 16.4. The molecule has 0 radical (unpaired) electrons. The van der Waals surface area contributed by atoms with Gasteiger partial charge in [-0.15, -0.1) is 0 Å². The molecule has 2 aliphatic rings. The van der Waals surface area contributed by atoms with Gasteiger partial charge in [-0.3, -0.25) is 9.59 Å². The van der Waals surface area contributed by atoms with Crippen molar-refractivity contribution in [2.75, 3.05) is 18.5 Å². The molecule has 1 saturated carbocycles. The molecule has 1 spiro atoms. The number of benzene rings is 2. The van der Waals surface area contributed by atoms with E-state index in [0.29, 0.717) is 24.5 Å². The molecule has 0 saturated heterocycles. The van der Waals surface area contributed by atoms with Crippen molar-refractivity contribution in [3.05, 3.63) is 77.5 Å². The summed E-state index contributed by atoms with van der Waals surface area (Å²) in [5, 5.41) is 17.2. The number of primary amides is 1. The van der Waals surface area contributed by atoms with E-state index in [4.69, 9.17) is 15.2 Å². The second kappa shape index (κ2) is 11.3. The van der Waals surface area contributed by atoms with Crippen LogP contribution in [-0.2, 0) is 16.6 Å². The van der Waals surface area contributed by atoms with Crippen LogP contribution in [-0.4, -0.2) is 46.7 Å². The van der Waals surface area contributed by atoms with Gasteiger partial charge in [-0.05, 0) is 75.1 Å². The van der Waals surface area contributed by atoms with Crippen molar-refractivity contribution < 1.29 is 24.2 Å². The average Bonchev–Trinajstić information content (AvgIpc) is 3.53. The molecule has 1 aliphatic heterocycles. The highest BCUT2D eigenvalue weighted by Gasteiger charge is 2.50. The third-order valence-corrected chi connectivity index (χ3v) is 7.71. The summed E-state index contributed by atoms with van der Waals surface area (Å²) in [6.45, 7) is 4.62. The molecule has 2 aromatic carbocycles. The van der Waals surface area contributed by atoms with Crippen LogP contribution in [0.5, 0.6) is 17.4 Å². The number of aromatic nitrogens is 1. The number of amides is 2. The topological polar surface area (TPSA) is 136 Å². The highest BCUT2D eigenvalue weighted by Crippen LogP contribution is 2.52. The van der Waals surface area contributed by atoms with Crippen molar-refractivity contribution in [2.24, 2.45) is 5.73 Å². The standard InChI is InChI=1S/C31H36N4O5/c1-30(2,17-20-10-12-22(13-11-20)40-28-23(27(32)37)7-6-16-33-28)34-18-21(36)19-39-25-9-5-8-24-26(25)31(29(38)35-24)14-3-4-15-31/h5-13,16,21,34,36H,3-4,14-15,17-19H2,1-2H3,(H2,32,37)(H,35,38)/t21-/m0/s1. The van der Waals surface area contributed by atoms with Crippen LogP contribution >= 0.6 is 0 Å². The van der Waals surface area contributed by atoms with E-state index in [1.54, 1.807) is 18.3 Å². The third-order valence-electron chi connectivity index (χ3n) is 7.71. The number of aliphatic hydroxyl groups is 1. The second-order valence-corrected chi connectivity index (χ2v) is 11.3. The molecule has 9 heteroatoms. The van der Waals surface area contributed by atoms with Gasteiger partial charge in [0, 0.05) is 29.5 Å². The molecule has 0 unspecified atom stereocenters. The highest BCUT2D eigenvalue weighted by atomic mass is 16.5. The van der Waals surface area contributed by atoms with Crippen LogP contribution in [0.15, 0.2) is 60.8 Å². The smallest absolute Gasteiger partial charge is 0.254 e. The Hall–Kier alpha value is -3.95. The third kappa shape index (κ3) is 5.80. The molecule has 5 rings (SSSR count). The summed E-state index contributed by atoms with van der Waals surface area (Å²) < 4.78 is 11.8. The monoisotopic (exact) mass is 544 g/mol. The van der Waals surface area contributed by atoms with Gasteiger partial charge in [0.2, 0.25) is 11.8 Å². The first kappa shape index (κ1) is 27.6. The first-order valence-electron chi connectivity index (χ1n) is 13.7. The molecule has 1 atom stereocenters. The molecular formula is C31H36N4O5. The van der Waals surface area contributed by atoms with E-state index in [1.807, 2.05) is 42.5 Å². The summed E-state index contributed by atoms with van der Waals surface area (Å²) in [4.78, 5) is 28.5. The molecule has 5 N–H and O–H groups in total. The number of carbonyl (C=O) groups excluding carboxylic acids is 2. The van der Waals surface area contributed by atoms with Gasteiger partial charge in [0.1, 0.15) is 29.8 Å². The minimum atomic E-state index is -0.728. The largest absolute Gasteiger partial charge is 0.490 e. The minimum absolute atomic E-state index is 0.0618. The van der Waals surface area contributed by atoms with Crippen LogP contribution in [0.3, 0.4) is 0 Å². The Bertz CT molecular complexity index is 1380. The molecule has 2 heterocycles. The maximum Gasteiger partial charge on any atom is 0.254 e. The SMILES string of the molecule is CC(C)(Cc1ccc(Oc2ncccc2C(N)=O)cc1)NC[C@H](O)COc1cccc2c1C1(CCCC1)C(=O)N2. The summed E-state index contributed by atoms with van der Waals surface area (Å²) >= 11 is 0. The van der Waals surface area contributed by atoms with Gasteiger partial charge in [0.25, 0.3) is 5.91 Å². The number of nitrogens with two attached hydrogens (primary N) is 1. The number of β-amino-alcohol motifs (C(OH)–C–C–N with tert-alkyl or cyclic N) is 1. The molecule has 1 aromatic heterocycles. The Balaban J connectivity index is 1.14. The van der Waals surface area contributed by atoms with Crippen LogP contribution in [0, 0.1) is 0 Å². The zero-order valence-corrected chi connectivity index (χ0v) is 22.9. The molecular weight excluding hydrogens is 508 g/mol. The Morgan fingerprint density at radius 3 is 2.62 bits per heavy atom. The summed E-state index contributed by atoms with van der Waals surface area (Å²) in [7, 11) is 0. The van der Waals surface area contributed by atoms with E-state index in [0.717, 1.165) is 42.5 Å².